The third-order valence-corrected chi connectivity index (χ3v) is 4.13. The molecule has 1 aliphatic carbocycles. The van der Waals surface area contributed by atoms with Crippen LogP contribution in [0.2, 0.25) is 0 Å². The molecule has 1 aromatic rings. The summed E-state index contributed by atoms with van der Waals surface area (Å²) in [6.07, 6.45) is 5.05. The molecule has 0 amide bonds. The highest BCUT2D eigenvalue weighted by Gasteiger charge is 2.29. The van der Waals surface area contributed by atoms with E-state index in [1.54, 1.807) is 0 Å². The second-order valence-electron chi connectivity index (χ2n) is 5.04. The van der Waals surface area contributed by atoms with Gasteiger partial charge in [0.15, 0.2) is 0 Å². The summed E-state index contributed by atoms with van der Waals surface area (Å²) in [5, 5.41) is 0. The maximum absolute atomic E-state index is 14.0. The van der Waals surface area contributed by atoms with E-state index in [1.165, 1.54) is 6.07 Å². The van der Waals surface area contributed by atoms with Crippen LogP contribution < -0.4 is 0 Å². The molecule has 2 rings (SSSR count). The summed E-state index contributed by atoms with van der Waals surface area (Å²) >= 11 is 0. The van der Waals surface area contributed by atoms with Crippen LogP contribution in [-0.2, 0) is 6.42 Å². The average Bonchev–Trinajstić information content (AvgIpc) is 2.30. The Morgan fingerprint density at radius 3 is 2.59 bits per heavy atom. The van der Waals surface area contributed by atoms with E-state index in [-0.39, 0.29) is 11.7 Å². The van der Waals surface area contributed by atoms with Gasteiger partial charge in [-0.05, 0) is 48.3 Å². The zero-order chi connectivity index (χ0) is 12.4. The lowest BCUT2D eigenvalue weighted by atomic mass is 9.73. The van der Waals surface area contributed by atoms with Crippen LogP contribution >= 0.6 is 0 Å². The molecule has 0 N–H and O–H groups in total. The number of hydrogen-bond donors (Lipinski definition) is 0. The first-order chi connectivity index (χ1) is 8.17. The van der Waals surface area contributed by atoms with Gasteiger partial charge in [0.05, 0.1) is 0 Å². The van der Waals surface area contributed by atoms with Crippen molar-refractivity contribution in [2.75, 3.05) is 0 Å². The fourth-order valence-electron chi connectivity index (χ4n) is 3.25. The molecule has 0 fully saturated rings. The van der Waals surface area contributed by atoms with E-state index < -0.39 is 5.82 Å². The van der Waals surface area contributed by atoms with E-state index in [0.717, 1.165) is 49.3 Å². The van der Waals surface area contributed by atoms with Crippen molar-refractivity contribution < 1.29 is 8.78 Å². The molecule has 0 aliphatic heterocycles. The molecule has 1 aliphatic rings. The summed E-state index contributed by atoms with van der Waals surface area (Å²) in [6.45, 7) is 4.31. The van der Waals surface area contributed by atoms with Gasteiger partial charge in [0, 0.05) is 6.07 Å². The summed E-state index contributed by atoms with van der Waals surface area (Å²) in [4.78, 5) is 0. The van der Waals surface area contributed by atoms with Gasteiger partial charge in [-0.1, -0.05) is 26.7 Å². The standard InChI is InChI=1S/C15H20F2/c1-3-10(4-2)13-7-5-6-11-8-12(16)9-14(17)15(11)13/h8-10,13H,3-7H2,1-2H3. The van der Waals surface area contributed by atoms with Crippen LogP contribution in [0.15, 0.2) is 12.1 Å². The Morgan fingerprint density at radius 2 is 1.94 bits per heavy atom. The summed E-state index contributed by atoms with van der Waals surface area (Å²) in [7, 11) is 0. The van der Waals surface area contributed by atoms with Gasteiger partial charge >= 0.3 is 0 Å². The van der Waals surface area contributed by atoms with Gasteiger partial charge in [-0.2, -0.15) is 0 Å². The molecule has 0 nitrogen and oxygen atoms in total. The highest BCUT2D eigenvalue weighted by molar-refractivity contribution is 5.35. The third-order valence-electron chi connectivity index (χ3n) is 4.13. The number of benzene rings is 1. The van der Waals surface area contributed by atoms with Crippen LogP contribution in [0.4, 0.5) is 8.78 Å². The van der Waals surface area contributed by atoms with Gasteiger partial charge in [-0.15, -0.1) is 0 Å². The summed E-state index contributed by atoms with van der Waals surface area (Å²) in [5.41, 5.74) is 1.69. The van der Waals surface area contributed by atoms with Crippen LogP contribution in [0.1, 0.15) is 56.6 Å². The Hall–Kier alpha value is -0.920. The van der Waals surface area contributed by atoms with Crippen LogP contribution in [0.5, 0.6) is 0 Å². The first-order valence-corrected chi connectivity index (χ1v) is 6.65. The Morgan fingerprint density at radius 1 is 1.24 bits per heavy atom. The monoisotopic (exact) mass is 238 g/mol. The molecule has 1 atom stereocenters. The molecule has 0 heterocycles. The van der Waals surface area contributed by atoms with E-state index >= 15 is 0 Å². The molecule has 1 unspecified atom stereocenters. The number of fused-ring (bicyclic) bond motifs is 1. The molecular weight excluding hydrogens is 218 g/mol. The van der Waals surface area contributed by atoms with Crippen molar-refractivity contribution in [3.8, 4) is 0 Å². The van der Waals surface area contributed by atoms with E-state index in [9.17, 15) is 8.78 Å². The lowest BCUT2D eigenvalue weighted by molar-refractivity contribution is 0.346. The van der Waals surface area contributed by atoms with Crippen molar-refractivity contribution >= 4 is 0 Å². The topological polar surface area (TPSA) is 0 Å². The lowest BCUT2D eigenvalue weighted by Crippen LogP contribution is -2.19. The smallest absolute Gasteiger partial charge is 0.129 e. The Bertz CT molecular complexity index is 394. The maximum atomic E-state index is 14.0. The van der Waals surface area contributed by atoms with E-state index in [1.807, 2.05) is 0 Å². The molecule has 2 heteroatoms. The first-order valence-electron chi connectivity index (χ1n) is 6.65. The molecule has 17 heavy (non-hydrogen) atoms. The molecule has 0 aromatic heterocycles. The fourth-order valence-corrected chi connectivity index (χ4v) is 3.25. The fraction of sp³-hybridized carbons (Fsp3) is 0.600. The zero-order valence-corrected chi connectivity index (χ0v) is 10.6. The first kappa shape index (κ1) is 12.5. The largest absolute Gasteiger partial charge is 0.207 e. The van der Waals surface area contributed by atoms with E-state index in [0.29, 0.717) is 5.92 Å². The molecule has 0 spiro atoms. The van der Waals surface area contributed by atoms with Crippen molar-refractivity contribution in [3.63, 3.8) is 0 Å². The van der Waals surface area contributed by atoms with Gasteiger partial charge in [-0.3, -0.25) is 0 Å². The van der Waals surface area contributed by atoms with Crippen molar-refractivity contribution in [2.45, 2.75) is 51.9 Å². The highest BCUT2D eigenvalue weighted by Crippen LogP contribution is 2.41. The molecule has 0 saturated heterocycles. The van der Waals surface area contributed by atoms with Crippen molar-refractivity contribution in [2.24, 2.45) is 5.92 Å². The molecule has 0 bridgehead atoms. The van der Waals surface area contributed by atoms with E-state index in [4.69, 9.17) is 0 Å². The second kappa shape index (κ2) is 5.16. The summed E-state index contributed by atoms with van der Waals surface area (Å²) in [6, 6.07) is 2.56. The minimum Gasteiger partial charge on any atom is -0.207 e. The number of hydrogen-bond acceptors (Lipinski definition) is 0. The third kappa shape index (κ3) is 2.36. The molecule has 94 valence electrons. The minimum absolute atomic E-state index is 0.286. The van der Waals surface area contributed by atoms with Crippen LogP contribution in [-0.4, -0.2) is 0 Å². The van der Waals surface area contributed by atoms with Crippen LogP contribution in [0, 0.1) is 17.6 Å². The lowest BCUT2D eigenvalue weighted by Gasteiger charge is -2.31. The normalized spacial score (nSPS) is 19.5. The molecule has 0 saturated carbocycles. The second-order valence-corrected chi connectivity index (χ2v) is 5.04. The number of aryl methyl sites for hydroxylation is 1. The number of halogens is 2. The quantitative estimate of drug-likeness (QED) is 0.708. The van der Waals surface area contributed by atoms with Gasteiger partial charge in [0.1, 0.15) is 11.6 Å². The van der Waals surface area contributed by atoms with Gasteiger partial charge < -0.3 is 0 Å². The Balaban J connectivity index is 2.43. The zero-order valence-electron chi connectivity index (χ0n) is 10.6. The van der Waals surface area contributed by atoms with Crippen molar-refractivity contribution in [1.82, 2.24) is 0 Å². The summed E-state index contributed by atoms with van der Waals surface area (Å²) in [5.74, 6) is 0.0337. The SMILES string of the molecule is CCC(CC)C1CCCc2cc(F)cc(F)c21. The highest BCUT2D eigenvalue weighted by atomic mass is 19.1. The molecular formula is C15H20F2. The van der Waals surface area contributed by atoms with Crippen molar-refractivity contribution in [1.29, 1.82) is 0 Å². The predicted octanol–water partition coefficient (Wildman–Crippen LogP) is 4.82. The molecule has 0 radical (unpaired) electrons. The molecule has 1 aromatic carbocycles. The Labute approximate surface area is 102 Å². The predicted molar refractivity (Wildman–Crippen MR) is 66.1 cm³/mol. The Kier molecular flexibility index (Phi) is 3.80. The minimum atomic E-state index is -0.438. The maximum Gasteiger partial charge on any atom is 0.129 e. The van der Waals surface area contributed by atoms with E-state index in [2.05, 4.69) is 13.8 Å². The van der Waals surface area contributed by atoms with Gasteiger partial charge in [0.25, 0.3) is 0 Å². The van der Waals surface area contributed by atoms with Crippen LogP contribution in [0.3, 0.4) is 0 Å². The van der Waals surface area contributed by atoms with Crippen molar-refractivity contribution in [3.05, 3.63) is 34.9 Å². The summed E-state index contributed by atoms with van der Waals surface area (Å²) < 4.78 is 27.2. The average molecular weight is 238 g/mol. The van der Waals surface area contributed by atoms with Gasteiger partial charge in [0.2, 0.25) is 0 Å². The van der Waals surface area contributed by atoms with Gasteiger partial charge in [-0.25, -0.2) is 8.78 Å². The number of rotatable bonds is 3. The van der Waals surface area contributed by atoms with Crippen LogP contribution in [0.25, 0.3) is 0 Å².